The summed E-state index contributed by atoms with van der Waals surface area (Å²) < 4.78 is 127. The summed E-state index contributed by atoms with van der Waals surface area (Å²) in [7, 11) is 0. The Balaban J connectivity index is 4.75. The lowest BCUT2D eigenvalue weighted by atomic mass is 9.97. The molecule has 0 nitrogen and oxygen atoms in total. The van der Waals surface area contributed by atoms with Crippen molar-refractivity contribution >= 4 is 0 Å². The van der Waals surface area contributed by atoms with Crippen LogP contribution in [0.15, 0.2) is 0 Å². The maximum atomic E-state index is 13.2. The molecule has 0 aromatic heterocycles. The Bertz CT molecular complexity index is 307. The van der Waals surface area contributed by atoms with Crippen LogP contribution in [0.2, 0.25) is 0 Å². The van der Waals surface area contributed by atoms with Crippen LogP contribution in [0.3, 0.4) is 0 Å². The third-order valence-electron chi connectivity index (χ3n) is 2.99. The summed E-state index contributed by atoms with van der Waals surface area (Å²) in [6.07, 6.45) is -31.2. The molecule has 0 amide bonds. The highest BCUT2D eigenvalue weighted by molar-refractivity contribution is 4.92. The summed E-state index contributed by atoms with van der Waals surface area (Å²) in [5, 5.41) is 0. The molecule has 0 N–H and O–H groups in total. The zero-order chi connectivity index (χ0) is 17.7. The molecule has 0 saturated heterocycles. The summed E-state index contributed by atoms with van der Waals surface area (Å²) in [5.74, 6) is 0. The Kier molecular flexibility index (Phi) is 8.53. The maximum Gasteiger partial charge on any atom is 0.422 e. The molecular weight excluding hydrogens is 334 g/mol. The molecular formula is C12H16F10. The van der Waals surface area contributed by atoms with Crippen LogP contribution >= 0.6 is 0 Å². The second-order valence-electron chi connectivity index (χ2n) is 4.82. The van der Waals surface area contributed by atoms with Crippen molar-refractivity contribution in [3.63, 3.8) is 0 Å². The lowest BCUT2D eigenvalue weighted by molar-refractivity contribution is -0.206. The van der Waals surface area contributed by atoms with Crippen LogP contribution in [-0.2, 0) is 0 Å². The van der Waals surface area contributed by atoms with Crippen LogP contribution in [0.5, 0.6) is 0 Å². The number of rotatable bonds is 9. The minimum absolute atomic E-state index is 0.108. The molecule has 0 aliphatic rings. The van der Waals surface area contributed by atoms with Gasteiger partial charge in [-0.3, -0.25) is 0 Å². The van der Waals surface area contributed by atoms with Crippen molar-refractivity contribution in [2.45, 2.75) is 75.6 Å². The summed E-state index contributed by atoms with van der Waals surface area (Å²) in [6, 6.07) is 0. The van der Waals surface area contributed by atoms with Gasteiger partial charge in [0.25, 0.3) is 0 Å². The largest absolute Gasteiger partial charge is 0.422 e. The number of hydrogen-bond donors (Lipinski definition) is 0. The molecule has 0 aromatic carbocycles. The minimum Gasteiger partial charge on any atom is -0.244 e. The van der Waals surface area contributed by atoms with Gasteiger partial charge in [-0.05, 0) is 6.42 Å². The van der Waals surface area contributed by atoms with E-state index in [-0.39, 0.29) is 6.42 Å². The smallest absolute Gasteiger partial charge is 0.244 e. The first-order valence-corrected chi connectivity index (χ1v) is 6.50. The van der Waals surface area contributed by atoms with Crippen molar-refractivity contribution in [2.24, 2.45) is 0 Å². The molecule has 0 radical (unpaired) electrons. The molecule has 0 spiro atoms. The first kappa shape index (κ1) is 21.3. The van der Waals surface area contributed by atoms with E-state index in [0.717, 1.165) is 0 Å². The van der Waals surface area contributed by atoms with Gasteiger partial charge >= 0.3 is 6.18 Å². The summed E-state index contributed by atoms with van der Waals surface area (Å²) >= 11 is 0. The van der Waals surface area contributed by atoms with E-state index in [9.17, 15) is 43.9 Å². The zero-order valence-electron chi connectivity index (χ0n) is 11.4. The third-order valence-corrected chi connectivity index (χ3v) is 2.99. The quantitative estimate of drug-likeness (QED) is 0.507. The topological polar surface area (TPSA) is 0 Å². The summed E-state index contributed by atoms with van der Waals surface area (Å²) in [5.41, 5.74) is 0. The van der Waals surface area contributed by atoms with Crippen molar-refractivity contribution in [1.82, 2.24) is 0 Å². The van der Waals surface area contributed by atoms with Gasteiger partial charge < -0.3 is 0 Å². The molecule has 10 heteroatoms. The highest BCUT2D eigenvalue weighted by Crippen LogP contribution is 2.33. The van der Waals surface area contributed by atoms with Crippen molar-refractivity contribution in [3.8, 4) is 0 Å². The normalized spacial score (nSPS) is 22.5. The van der Waals surface area contributed by atoms with E-state index in [1.165, 1.54) is 0 Å². The van der Waals surface area contributed by atoms with E-state index in [4.69, 9.17) is 0 Å². The van der Waals surface area contributed by atoms with Gasteiger partial charge in [0.1, 0.15) is 6.17 Å². The molecule has 0 heterocycles. The van der Waals surface area contributed by atoms with Gasteiger partial charge in [0.15, 0.2) is 30.9 Å². The molecule has 22 heavy (non-hydrogen) atoms. The van der Waals surface area contributed by atoms with E-state index in [2.05, 4.69) is 0 Å². The highest BCUT2D eigenvalue weighted by atomic mass is 19.4. The van der Waals surface area contributed by atoms with Gasteiger partial charge in [0, 0.05) is 0 Å². The Morgan fingerprint density at radius 1 is 0.682 bits per heavy atom. The molecule has 7 atom stereocenters. The monoisotopic (exact) mass is 350 g/mol. The standard InChI is InChI=1S/C12H16F10/c1-2-3-4-5(13)6(14)7(15)8(16)9(17)10(18)11(19)12(20,21)22/h5-11H,2-4H2,1H3. The maximum absolute atomic E-state index is 13.2. The molecule has 7 unspecified atom stereocenters. The molecule has 0 rings (SSSR count). The fraction of sp³-hybridized carbons (Fsp3) is 1.00. The molecule has 0 aliphatic carbocycles. The predicted molar refractivity (Wildman–Crippen MR) is 59.9 cm³/mol. The van der Waals surface area contributed by atoms with Gasteiger partial charge in [0.05, 0.1) is 0 Å². The Morgan fingerprint density at radius 3 is 1.50 bits per heavy atom. The average Bonchev–Trinajstić information content (AvgIpc) is 2.46. The molecule has 0 aromatic rings. The van der Waals surface area contributed by atoms with E-state index >= 15 is 0 Å². The number of alkyl halides is 10. The third kappa shape index (κ3) is 5.83. The fourth-order valence-electron chi connectivity index (χ4n) is 1.63. The molecule has 134 valence electrons. The molecule has 0 aliphatic heterocycles. The molecule has 0 saturated carbocycles. The SMILES string of the molecule is CCCCC(F)C(F)C(F)C(F)C(F)C(F)C(F)C(F)(F)F. The van der Waals surface area contributed by atoms with Crippen molar-refractivity contribution in [2.75, 3.05) is 0 Å². The van der Waals surface area contributed by atoms with E-state index in [1.54, 1.807) is 6.92 Å². The number of unbranched alkanes of at least 4 members (excludes halogenated alkanes) is 1. The Labute approximate surface area is 120 Å². The van der Waals surface area contributed by atoms with Gasteiger partial charge in [-0.25, -0.2) is 30.7 Å². The lowest BCUT2D eigenvalue weighted by Gasteiger charge is -2.26. The second kappa shape index (κ2) is 8.81. The summed E-state index contributed by atoms with van der Waals surface area (Å²) in [4.78, 5) is 0. The van der Waals surface area contributed by atoms with Crippen molar-refractivity contribution in [3.05, 3.63) is 0 Å². The van der Waals surface area contributed by atoms with Crippen LogP contribution in [-0.4, -0.2) is 49.4 Å². The minimum atomic E-state index is -5.83. The molecule has 0 bridgehead atoms. The van der Waals surface area contributed by atoms with Gasteiger partial charge in [-0.2, -0.15) is 13.2 Å². The van der Waals surface area contributed by atoms with Crippen LogP contribution in [0.1, 0.15) is 26.2 Å². The fourth-order valence-corrected chi connectivity index (χ4v) is 1.63. The number of hydrogen-bond acceptors (Lipinski definition) is 0. The Morgan fingerprint density at radius 2 is 1.09 bits per heavy atom. The van der Waals surface area contributed by atoms with E-state index < -0.39 is 55.8 Å². The predicted octanol–water partition coefficient (Wildman–Crippen LogP) is 5.11. The second-order valence-corrected chi connectivity index (χ2v) is 4.82. The zero-order valence-corrected chi connectivity index (χ0v) is 11.4. The van der Waals surface area contributed by atoms with Gasteiger partial charge in [-0.15, -0.1) is 0 Å². The van der Waals surface area contributed by atoms with Crippen molar-refractivity contribution < 1.29 is 43.9 Å². The van der Waals surface area contributed by atoms with E-state index in [1.807, 2.05) is 0 Å². The van der Waals surface area contributed by atoms with E-state index in [0.29, 0.717) is 6.42 Å². The lowest BCUT2D eigenvalue weighted by Crippen LogP contribution is -2.48. The highest BCUT2D eigenvalue weighted by Gasteiger charge is 2.53. The van der Waals surface area contributed by atoms with Crippen LogP contribution in [0, 0.1) is 0 Å². The Hall–Kier alpha value is -0.700. The van der Waals surface area contributed by atoms with Gasteiger partial charge in [0.2, 0.25) is 6.17 Å². The van der Waals surface area contributed by atoms with Crippen molar-refractivity contribution in [1.29, 1.82) is 0 Å². The first-order valence-electron chi connectivity index (χ1n) is 6.50. The van der Waals surface area contributed by atoms with Crippen LogP contribution in [0.25, 0.3) is 0 Å². The van der Waals surface area contributed by atoms with Crippen LogP contribution < -0.4 is 0 Å². The average molecular weight is 350 g/mol. The van der Waals surface area contributed by atoms with Crippen LogP contribution in [0.4, 0.5) is 43.9 Å². The molecule has 0 fully saturated rings. The first-order chi connectivity index (χ1) is 9.95. The van der Waals surface area contributed by atoms with Gasteiger partial charge in [-0.1, -0.05) is 19.8 Å². The summed E-state index contributed by atoms with van der Waals surface area (Å²) in [6.45, 7) is 1.59. The number of halogens is 10.